The van der Waals surface area contributed by atoms with Crippen molar-refractivity contribution < 1.29 is 13.9 Å². The fourth-order valence-electron chi connectivity index (χ4n) is 2.64. The zero-order chi connectivity index (χ0) is 16.2. The molecular formula is C16H18FN3O2S. The van der Waals surface area contributed by atoms with Crippen molar-refractivity contribution >= 4 is 17.7 Å². The number of hydrogen-bond acceptors (Lipinski definition) is 5. The van der Waals surface area contributed by atoms with E-state index >= 15 is 0 Å². The summed E-state index contributed by atoms with van der Waals surface area (Å²) in [7, 11) is 1.24. The third-order valence-electron chi connectivity index (χ3n) is 3.88. The molecule has 0 radical (unpaired) electrons. The van der Waals surface area contributed by atoms with Gasteiger partial charge in [-0.3, -0.25) is 0 Å². The number of halogens is 1. The van der Waals surface area contributed by atoms with Gasteiger partial charge in [-0.1, -0.05) is 24.2 Å². The molecule has 0 bridgehead atoms. The Morgan fingerprint density at radius 1 is 1.35 bits per heavy atom. The number of hydrogen-bond donors (Lipinski definition) is 0. The highest BCUT2D eigenvalue weighted by Crippen LogP contribution is 2.25. The standard InChI is InChI=1S/C16H18FN3O2S/c1-22-15(21)12-7-6-11(9-13(12)17)10-23-16-19-18-14-5-3-2-4-8-20(14)16/h6-7,9H,2-5,8,10H2,1H3. The van der Waals surface area contributed by atoms with Crippen molar-refractivity contribution in [3.05, 3.63) is 41.0 Å². The van der Waals surface area contributed by atoms with Gasteiger partial charge in [0.05, 0.1) is 12.7 Å². The molecule has 0 spiro atoms. The number of ether oxygens (including phenoxy) is 1. The topological polar surface area (TPSA) is 57.0 Å². The van der Waals surface area contributed by atoms with Crippen molar-refractivity contribution in [2.75, 3.05) is 7.11 Å². The summed E-state index contributed by atoms with van der Waals surface area (Å²) in [6, 6.07) is 4.57. The number of benzene rings is 1. The number of esters is 1. The van der Waals surface area contributed by atoms with E-state index in [9.17, 15) is 9.18 Å². The highest BCUT2D eigenvalue weighted by Gasteiger charge is 2.16. The second-order valence-corrected chi connectivity index (χ2v) is 6.40. The van der Waals surface area contributed by atoms with Crippen LogP contribution >= 0.6 is 11.8 Å². The molecule has 0 saturated carbocycles. The lowest BCUT2D eigenvalue weighted by molar-refractivity contribution is 0.0595. The first-order valence-corrected chi connectivity index (χ1v) is 8.59. The van der Waals surface area contributed by atoms with Crippen molar-refractivity contribution in [2.24, 2.45) is 0 Å². The summed E-state index contributed by atoms with van der Waals surface area (Å²) in [6.07, 6.45) is 4.48. The lowest BCUT2D eigenvalue weighted by atomic mass is 10.1. The Morgan fingerprint density at radius 2 is 2.22 bits per heavy atom. The van der Waals surface area contributed by atoms with Crippen molar-refractivity contribution in [3.63, 3.8) is 0 Å². The molecule has 23 heavy (non-hydrogen) atoms. The number of aromatic nitrogens is 3. The molecule has 5 nitrogen and oxygen atoms in total. The summed E-state index contributed by atoms with van der Waals surface area (Å²) in [5.41, 5.74) is 0.753. The smallest absolute Gasteiger partial charge is 0.340 e. The number of aryl methyl sites for hydroxylation is 1. The van der Waals surface area contributed by atoms with E-state index in [-0.39, 0.29) is 5.56 Å². The zero-order valence-electron chi connectivity index (χ0n) is 12.9. The lowest BCUT2D eigenvalue weighted by Crippen LogP contribution is -2.05. The molecule has 3 rings (SSSR count). The van der Waals surface area contributed by atoms with Crippen LogP contribution in [0.2, 0.25) is 0 Å². The Morgan fingerprint density at radius 3 is 3.00 bits per heavy atom. The predicted molar refractivity (Wildman–Crippen MR) is 84.9 cm³/mol. The van der Waals surface area contributed by atoms with Gasteiger partial charge in [-0.2, -0.15) is 0 Å². The van der Waals surface area contributed by atoms with Crippen molar-refractivity contribution in [1.29, 1.82) is 0 Å². The van der Waals surface area contributed by atoms with Gasteiger partial charge >= 0.3 is 5.97 Å². The Kier molecular flexibility index (Phi) is 4.95. The normalized spacial score (nSPS) is 14.2. The maximum Gasteiger partial charge on any atom is 0.340 e. The molecule has 1 aliphatic heterocycles. The van der Waals surface area contributed by atoms with Gasteiger partial charge in [-0.15, -0.1) is 10.2 Å². The van der Waals surface area contributed by atoms with Crippen LogP contribution in [0.4, 0.5) is 4.39 Å². The molecular weight excluding hydrogens is 317 g/mol. The number of thioether (sulfide) groups is 1. The highest BCUT2D eigenvalue weighted by molar-refractivity contribution is 7.98. The molecule has 1 aromatic heterocycles. The van der Waals surface area contributed by atoms with Gasteiger partial charge in [-0.05, 0) is 30.5 Å². The van der Waals surface area contributed by atoms with Crippen LogP contribution in [0, 0.1) is 5.82 Å². The van der Waals surface area contributed by atoms with Gasteiger partial charge in [0.15, 0.2) is 5.16 Å². The SMILES string of the molecule is COC(=O)c1ccc(CSc2nnc3n2CCCCC3)cc1F. The third-order valence-corrected chi connectivity index (χ3v) is 4.92. The average molecular weight is 335 g/mol. The third kappa shape index (κ3) is 3.55. The van der Waals surface area contributed by atoms with Gasteiger partial charge < -0.3 is 9.30 Å². The Labute approximate surface area is 138 Å². The minimum absolute atomic E-state index is 0.0439. The number of methoxy groups -OCH3 is 1. The molecule has 7 heteroatoms. The number of rotatable bonds is 4. The molecule has 0 fully saturated rings. The van der Waals surface area contributed by atoms with Gasteiger partial charge in [-0.25, -0.2) is 9.18 Å². The van der Waals surface area contributed by atoms with E-state index in [1.54, 1.807) is 6.07 Å². The van der Waals surface area contributed by atoms with Gasteiger partial charge in [0.2, 0.25) is 0 Å². The number of carbonyl (C=O) groups is 1. The Hall–Kier alpha value is -1.89. The maximum absolute atomic E-state index is 13.9. The van der Waals surface area contributed by atoms with Crippen LogP contribution in [0.5, 0.6) is 0 Å². The monoisotopic (exact) mass is 335 g/mol. The van der Waals surface area contributed by atoms with Crippen LogP contribution in [0.25, 0.3) is 0 Å². The van der Waals surface area contributed by atoms with E-state index in [0.29, 0.717) is 5.75 Å². The summed E-state index contributed by atoms with van der Waals surface area (Å²) in [4.78, 5) is 11.4. The highest BCUT2D eigenvalue weighted by atomic mass is 32.2. The molecule has 1 aromatic carbocycles. The van der Waals surface area contributed by atoms with Crippen LogP contribution in [0.15, 0.2) is 23.4 Å². The largest absolute Gasteiger partial charge is 0.465 e. The van der Waals surface area contributed by atoms with Crippen molar-refractivity contribution in [1.82, 2.24) is 14.8 Å². The van der Waals surface area contributed by atoms with Gasteiger partial charge in [0.25, 0.3) is 0 Å². The molecule has 1 aliphatic rings. The molecule has 0 N–H and O–H groups in total. The summed E-state index contributed by atoms with van der Waals surface area (Å²) >= 11 is 1.54. The van der Waals surface area contributed by atoms with Crippen LogP contribution < -0.4 is 0 Å². The molecule has 0 saturated heterocycles. The first kappa shape index (κ1) is 16.0. The first-order chi connectivity index (χ1) is 11.2. The number of nitrogens with zero attached hydrogens (tertiary/aromatic N) is 3. The summed E-state index contributed by atoms with van der Waals surface area (Å²) in [6.45, 7) is 0.945. The summed E-state index contributed by atoms with van der Waals surface area (Å²) < 4.78 is 20.6. The lowest BCUT2D eigenvalue weighted by Gasteiger charge is -2.07. The summed E-state index contributed by atoms with van der Waals surface area (Å²) in [5.74, 6) is 0.396. The second kappa shape index (κ2) is 7.12. The molecule has 2 heterocycles. The maximum atomic E-state index is 13.9. The Balaban J connectivity index is 1.70. The first-order valence-electron chi connectivity index (χ1n) is 7.60. The quantitative estimate of drug-likeness (QED) is 0.634. The Bertz CT molecular complexity index is 717. The van der Waals surface area contributed by atoms with Crippen LogP contribution in [-0.4, -0.2) is 27.8 Å². The van der Waals surface area contributed by atoms with E-state index in [1.807, 2.05) is 0 Å². The second-order valence-electron chi connectivity index (χ2n) is 5.46. The zero-order valence-corrected chi connectivity index (χ0v) is 13.7. The van der Waals surface area contributed by atoms with Crippen molar-refractivity contribution in [3.8, 4) is 0 Å². The molecule has 122 valence electrons. The van der Waals surface area contributed by atoms with Crippen molar-refractivity contribution in [2.45, 2.75) is 43.1 Å². The van der Waals surface area contributed by atoms with E-state index in [2.05, 4.69) is 19.5 Å². The number of fused-ring (bicyclic) bond motifs is 1. The van der Waals surface area contributed by atoms with Gasteiger partial charge in [0, 0.05) is 18.7 Å². The van der Waals surface area contributed by atoms with Crippen LogP contribution in [-0.2, 0) is 23.5 Å². The molecule has 0 aliphatic carbocycles. The number of carbonyl (C=O) groups excluding carboxylic acids is 1. The van der Waals surface area contributed by atoms with Crippen LogP contribution in [0.1, 0.15) is 41.0 Å². The molecule has 0 amide bonds. The molecule has 0 unspecified atom stereocenters. The molecule has 0 atom stereocenters. The van der Waals surface area contributed by atoms with Crippen LogP contribution in [0.3, 0.4) is 0 Å². The van der Waals surface area contributed by atoms with Gasteiger partial charge in [0.1, 0.15) is 11.6 Å². The molecule has 2 aromatic rings. The fourth-order valence-corrected chi connectivity index (χ4v) is 3.56. The van der Waals surface area contributed by atoms with E-state index in [0.717, 1.165) is 42.4 Å². The van der Waals surface area contributed by atoms with E-state index in [4.69, 9.17) is 0 Å². The minimum atomic E-state index is -0.663. The fraction of sp³-hybridized carbons (Fsp3) is 0.438. The predicted octanol–water partition coefficient (Wildman–Crippen LogP) is 3.22. The average Bonchev–Trinajstić information content (AvgIpc) is 2.78. The minimum Gasteiger partial charge on any atom is -0.465 e. The van der Waals surface area contributed by atoms with E-state index in [1.165, 1.54) is 37.4 Å². The summed E-state index contributed by atoms with van der Waals surface area (Å²) in [5, 5.41) is 9.37. The van der Waals surface area contributed by atoms with E-state index < -0.39 is 11.8 Å².